The van der Waals surface area contributed by atoms with Gasteiger partial charge in [-0.3, -0.25) is 0 Å². The SMILES string of the molecule is Cc1cccc2c1nc(C(C)Cl)n2C(C)Cc1cccs1. The third-order valence-electron chi connectivity index (χ3n) is 3.82. The minimum atomic E-state index is -0.0948. The first-order valence-corrected chi connectivity index (χ1v) is 8.53. The molecule has 0 aliphatic carbocycles. The summed E-state index contributed by atoms with van der Waals surface area (Å²) in [6.45, 7) is 6.34. The summed E-state index contributed by atoms with van der Waals surface area (Å²) in [5.41, 5.74) is 3.45. The Kier molecular flexibility index (Phi) is 4.05. The van der Waals surface area contributed by atoms with Crippen LogP contribution in [0.3, 0.4) is 0 Å². The topological polar surface area (TPSA) is 17.8 Å². The summed E-state index contributed by atoms with van der Waals surface area (Å²) >= 11 is 8.18. The van der Waals surface area contributed by atoms with Crippen molar-refractivity contribution in [3.05, 3.63) is 52.0 Å². The van der Waals surface area contributed by atoms with Crippen molar-refractivity contribution in [3.63, 3.8) is 0 Å². The van der Waals surface area contributed by atoms with Crippen LogP contribution in [0.4, 0.5) is 0 Å². The van der Waals surface area contributed by atoms with Gasteiger partial charge in [0.05, 0.1) is 16.4 Å². The van der Waals surface area contributed by atoms with Gasteiger partial charge in [0.2, 0.25) is 0 Å². The summed E-state index contributed by atoms with van der Waals surface area (Å²) in [5.74, 6) is 0.963. The predicted octanol–water partition coefficient (Wildman–Crippen LogP) is 5.51. The van der Waals surface area contributed by atoms with Crippen LogP contribution < -0.4 is 0 Å². The van der Waals surface area contributed by atoms with Gasteiger partial charge in [-0.05, 0) is 43.8 Å². The molecule has 4 heteroatoms. The Morgan fingerprint density at radius 2 is 2.05 bits per heavy atom. The monoisotopic (exact) mass is 318 g/mol. The van der Waals surface area contributed by atoms with Gasteiger partial charge in [-0.1, -0.05) is 18.2 Å². The van der Waals surface area contributed by atoms with Crippen LogP contribution in [0.2, 0.25) is 0 Å². The Bertz CT molecular complexity index is 744. The summed E-state index contributed by atoms with van der Waals surface area (Å²) < 4.78 is 2.31. The number of aromatic nitrogens is 2. The zero-order valence-electron chi connectivity index (χ0n) is 12.5. The van der Waals surface area contributed by atoms with Crippen LogP contribution in [0.1, 0.15) is 41.5 Å². The fraction of sp³-hybridized carbons (Fsp3) is 0.353. The van der Waals surface area contributed by atoms with E-state index in [0.717, 1.165) is 17.8 Å². The van der Waals surface area contributed by atoms with Crippen molar-refractivity contribution >= 4 is 34.0 Å². The van der Waals surface area contributed by atoms with Crippen molar-refractivity contribution in [3.8, 4) is 0 Å². The molecule has 0 radical (unpaired) electrons. The summed E-state index contributed by atoms with van der Waals surface area (Å²) in [4.78, 5) is 6.19. The van der Waals surface area contributed by atoms with Crippen molar-refractivity contribution in [1.82, 2.24) is 9.55 Å². The van der Waals surface area contributed by atoms with Crippen molar-refractivity contribution < 1.29 is 0 Å². The molecule has 0 amide bonds. The van der Waals surface area contributed by atoms with Gasteiger partial charge >= 0.3 is 0 Å². The van der Waals surface area contributed by atoms with Crippen molar-refractivity contribution in [2.24, 2.45) is 0 Å². The number of imidazole rings is 1. The van der Waals surface area contributed by atoms with Gasteiger partial charge in [-0.15, -0.1) is 22.9 Å². The van der Waals surface area contributed by atoms with E-state index in [2.05, 4.69) is 54.1 Å². The second-order valence-electron chi connectivity index (χ2n) is 5.53. The normalized spacial score (nSPS) is 14.5. The molecule has 3 rings (SSSR count). The van der Waals surface area contributed by atoms with Gasteiger partial charge in [0.15, 0.2) is 0 Å². The highest BCUT2D eigenvalue weighted by Gasteiger charge is 2.20. The lowest BCUT2D eigenvalue weighted by Crippen LogP contribution is -2.11. The van der Waals surface area contributed by atoms with E-state index >= 15 is 0 Å². The molecule has 0 spiro atoms. The second-order valence-corrected chi connectivity index (χ2v) is 7.22. The standard InChI is InChI=1S/C17H19ClN2S/c1-11-6-4-8-15-16(11)19-17(13(3)18)20(15)12(2)10-14-7-5-9-21-14/h4-9,12-13H,10H2,1-3H3. The molecule has 2 unspecified atom stereocenters. The summed E-state index contributed by atoms with van der Waals surface area (Å²) in [7, 11) is 0. The Morgan fingerprint density at radius 3 is 2.71 bits per heavy atom. The third kappa shape index (κ3) is 2.72. The van der Waals surface area contributed by atoms with E-state index in [9.17, 15) is 0 Å². The van der Waals surface area contributed by atoms with Gasteiger partial charge in [0.1, 0.15) is 5.82 Å². The molecule has 21 heavy (non-hydrogen) atoms. The lowest BCUT2D eigenvalue weighted by Gasteiger charge is -2.18. The lowest BCUT2D eigenvalue weighted by atomic mass is 10.1. The molecule has 1 aromatic carbocycles. The molecule has 0 saturated heterocycles. The quantitative estimate of drug-likeness (QED) is 0.580. The fourth-order valence-electron chi connectivity index (χ4n) is 2.83. The summed E-state index contributed by atoms with van der Waals surface area (Å²) in [5, 5.41) is 2.03. The van der Waals surface area contributed by atoms with Crippen LogP contribution in [0.5, 0.6) is 0 Å². The Labute approximate surface area is 134 Å². The van der Waals surface area contributed by atoms with E-state index in [1.54, 1.807) is 11.3 Å². The molecule has 3 aromatic rings. The highest BCUT2D eigenvalue weighted by Crippen LogP contribution is 2.31. The van der Waals surface area contributed by atoms with E-state index in [1.165, 1.54) is 16.0 Å². The first-order chi connectivity index (χ1) is 10.1. The van der Waals surface area contributed by atoms with Crippen molar-refractivity contribution in [2.75, 3.05) is 0 Å². The van der Waals surface area contributed by atoms with Crippen LogP contribution in [0.15, 0.2) is 35.7 Å². The lowest BCUT2D eigenvalue weighted by molar-refractivity contribution is 0.538. The Balaban J connectivity index is 2.10. The Morgan fingerprint density at radius 1 is 1.24 bits per heavy atom. The number of halogens is 1. The molecular formula is C17H19ClN2S. The number of hydrogen-bond donors (Lipinski definition) is 0. The van der Waals surface area contributed by atoms with E-state index in [0.29, 0.717) is 6.04 Å². The molecular weight excluding hydrogens is 300 g/mol. The first-order valence-electron chi connectivity index (χ1n) is 7.22. The molecule has 2 nitrogen and oxygen atoms in total. The zero-order valence-corrected chi connectivity index (χ0v) is 14.1. The van der Waals surface area contributed by atoms with Crippen molar-refractivity contribution in [2.45, 2.75) is 38.6 Å². The smallest absolute Gasteiger partial charge is 0.127 e. The van der Waals surface area contributed by atoms with E-state index < -0.39 is 0 Å². The molecule has 0 aliphatic heterocycles. The highest BCUT2D eigenvalue weighted by molar-refractivity contribution is 7.09. The number of para-hydroxylation sites is 1. The first kappa shape index (κ1) is 14.6. The van der Waals surface area contributed by atoms with Crippen LogP contribution in [-0.2, 0) is 6.42 Å². The van der Waals surface area contributed by atoms with Crippen molar-refractivity contribution in [1.29, 1.82) is 0 Å². The summed E-state index contributed by atoms with van der Waals surface area (Å²) in [6.07, 6.45) is 1.01. The number of benzene rings is 1. The molecule has 2 aromatic heterocycles. The van der Waals surface area contributed by atoms with Crippen LogP contribution >= 0.6 is 22.9 Å². The second kappa shape index (κ2) is 5.82. The van der Waals surface area contributed by atoms with Gasteiger partial charge < -0.3 is 4.57 Å². The maximum atomic E-state index is 6.38. The molecule has 0 aliphatic rings. The number of rotatable bonds is 4. The van der Waals surface area contributed by atoms with Gasteiger partial charge in [-0.2, -0.15) is 0 Å². The molecule has 2 heterocycles. The fourth-order valence-corrected chi connectivity index (χ4v) is 3.81. The maximum absolute atomic E-state index is 6.38. The van der Waals surface area contributed by atoms with Crippen LogP contribution in [-0.4, -0.2) is 9.55 Å². The molecule has 2 atom stereocenters. The molecule has 0 N–H and O–H groups in total. The molecule has 110 valence electrons. The molecule has 0 bridgehead atoms. The number of aryl methyl sites for hydroxylation is 1. The predicted molar refractivity (Wildman–Crippen MR) is 91.5 cm³/mol. The molecule has 0 saturated carbocycles. The van der Waals surface area contributed by atoms with E-state index in [4.69, 9.17) is 16.6 Å². The third-order valence-corrected chi connectivity index (χ3v) is 4.92. The zero-order chi connectivity index (χ0) is 15.0. The average Bonchev–Trinajstić information content (AvgIpc) is 3.05. The maximum Gasteiger partial charge on any atom is 0.127 e. The average molecular weight is 319 g/mol. The number of fused-ring (bicyclic) bond motifs is 1. The Hall–Kier alpha value is -1.32. The number of thiophene rings is 1. The van der Waals surface area contributed by atoms with Crippen LogP contribution in [0.25, 0.3) is 11.0 Å². The minimum Gasteiger partial charge on any atom is -0.324 e. The molecule has 0 fully saturated rings. The number of nitrogens with zero attached hydrogens (tertiary/aromatic N) is 2. The number of hydrogen-bond acceptors (Lipinski definition) is 2. The van der Waals surface area contributed by atoms with Gasteiger partial charge in [0.25, 0.3) is 0 Å². The largest absolute Gasteiger partial charge is 0.324 e. The van der Waals surface area contributed by atoms with E-state index in [-0.39, 0.29) is 5.38 Å². The highest BCUT2D eigenvalue weighted by atomic mass is 35.5. The van der Waals surface area contributed by atoms with Gasteiger partial charge in [-0.25, -0.2) is 4.98 Å². The minimum absolute atomic E-state index is 0.0948. The van der Waals surface area contributed by atoms with Gasteiger partial charge in [0, 0.05) is 17.3 Å². The summed E-state index contributed by atoms with van der Waals surface area (Å²) in [6, 6.07) is 11.0. The van der Waals surface area contributed by atoms with E-state index in [1.807, 2.05) is 6.92 Å². The van der Waals surface area contributed by atoms with Crippen LogP contribution in [0, 0.1) is 6.92 Å². The number of alkyl halides is 1.